The third-order valence-electron chi connectivity index (χ3n) is 8.44. The topological polar surface area (TPSA) is 78.0 Å². The number of rotatable bonds is 6. The minimum absolute atomic E-state index is 0.199. The summed E-state index contributed by atoms with van der Waals surface area (Å²) in [5.41, 5.74) is 4.66. The van der Waals surface area contributed by atoms with Gasteiger partial charge in [-0.1, -0.05) is 0 Å². The van der Waals surface area contributed by atoms with Gasteiger partial charge < -0.3 is 29.1 Å². The number of carbonyl (C=O) groups is 1. The molecule has 2 fully saturated rings. The van der Waals surface area contributed by atoms with Gasteiger partial charge in [-0.15, -0.1) is 0 Å². The van der Waals surface area contributed by atoms with Gasteiger partial charge in [0.25, 0.3) is 0 Å². The van der Waals surface area contributed by atoms with Crippen molar-refractivity contribution >= 4 is 11.7 Å². The molecule has 1 atom stereocenters. The van der Waals surface area contributed by atoms with Crippen LogP contribution in [0.4, 0.5) is 4.79 Å². The van der Waals surface area contributed by atoms with Crippen LogP contribution in [0.1, 0.15) is 58.6 Å². The van der Waals surface area contributed by atoms with Crippen LogP contribution in [0.5, 0.6) is 11.5 Å². The first-order chi connectivity index (χ1) is 18.9. The maximum absolute atomic E-state index is 12.4. The van der Waals surface area contributed by atoms with Gasteiger partial charge in [-0.2, -0.15) is 0 Å². The zero-order chi connectivity index (χ0) is 29.2. The number of amides is 1. The SMILES string of the molecule is COc1cc(C2=CN(C)C(O)C(C)=C2C)cc(OC)c1CN1CCN(C2CCN(C(=O)OC(C)(C)C)CC2)CC1. The van der Waals surface area contributed by atoms with Gasteiger partial charge in [0.05, 0.1) is 19.8 Å². The van der Waals surface area contributed by atoms with E-state index < -0.39 is 11.8 Å². The Morgan fingerprint density at radius 1 is 0.975 bits per heavy atom. The Hall–Kier alpha value is -2.75. The van der Waals surface area contributed by atoms with E-state index in [9.17, 15) is 9.90 Å². The lowest BCUT2D eigenvalue weighted by molar-refractivity contribution is 0.00961. The van der Waals surface area contributed by atoms with Crippen LogP contribution in [0, 0.1) is 0 Å². The number of hydrogen-bond donors (Lipinski definition) is 1. The number of ether oxygens (including phenoxy) is 3. The molecule has 0 bridgehead atoms. The lowest BCUT2D eigenvalue weighted by atomic mass is 9.91. The number of likely N-dealkylation sites (tertiary alicyclic amines) is 1. The number of piperidine rings is 1. The van der Waals surface area contributed by atoms with E-state index in [2.05, 4.69) is 21.9 Å². The number of carbonyl (C=O) groups excluding carboxylic acids is 1. The number of allylic oxidation sites excluding steroid dienone is 2. The second-order valence-electron chi connectivity index (χ2n) is 12.3. The molecule has 222 valence electrons. The molecule has 1 N–H and O–H groups in total. The molecule has 3 aliphatic heterocycles. The zero-order valence-corrected chi connectivity index (χ0v) is 25.6. The molecule has 0 radical (unpaired) electrons. The third kappa shape index (κ3) is 6.75. The lowest BCUT2D eigenvalue weighted by Gasteiger charge is -2.43. The smallest absolute Gasteiger partial charge is 0.410 e. The molecule has 4 rings (SSSR count). The van der Waals surface area contributed by atoms with Gasteiger partial charge in [0, 0.05) is 70.7 Å². The molecule has 1 amide bonds. The van der Waals surface area contributed by atoms with Crippen molar-refractivity contribution in [3.8, 4) is 11.5 Å². The number of methoxy groups -OCH3 is 2. The maximum Gasteiger partial charge on any atom is 0.410 e. The van der Waals surface area contributed by atoms with E-state index in [-0.39, 0.29) is 6.09 Å². The highest BCUT2D eigenvalue weighted by Crippen LogP contribution is 2.39. The van der Waals surface area contributed by atoms with Gasteiger partial charge in [0.2, 0.25) is 0 Å². The largest absolute Gasteiger partial charge is 0.496 e. The summed E-state index contributed by atoms with van der Waals surface area (Å²) in [6.07, 6.45) is 3.14. The van der Waals surface area contributed by atoms with Gasteiger partial charge in [0.1, 0.15) is 23.3 Å². The van der Waals surface area contributed by atoms with Crippen LogP contribution in [-0.4, -0.2) is 109 Å². The minimum Gasteiger partial charge on any atom is -0.496 e. The van der Waals surface area contributed by atoms with Crippen LogP contribution < -0.4 is 9.47 Å². The predicted molar refractivity (Wildman–Crippen MR) is 157 cm³/mol. The molecule has 1 aromatic carbocycles. The standard InChI is InChI=1S/C31H48N4O5/c1-21-22(2)29(36)32(6)19-25(21)23-17-27(38-7)26(28(18-23)39-8)20-33-13-15-34(16-14-33)24-9-11-35(12-10-24)30(37)40-31(3,4)5/h17-19,24,29,36H,9-16,20H2,1-8H3. The van der Waals surface area contributed by atoms with E-state index in [1.54, 1.807) is 14.2 Å². The second-order valence-corrected chi connectivity index (χ2v) is 12.3. The quantitative estimate of drug-likeness (QED) is 0.560. The van der Waals surface area contributed by atoms with Gasteiger partial charge in [-0.05, 0) is 76.3 Å². The molecule has 1 aromatic rings. The van der Waals surface area contributed by atoms with Crippen molar-refractivity contribution in [1.82, 2.24) is 19.6 Å². The molecule has 1 unspecified atom stereocenters. The van der Waals surface area contributed by atoms with E-state index >= 15 is 0 Å². The molecule has 0 aliphatic carbocycles. The summed E-state index contributed by atoms with van der Waals surface area (Å²) >= 11 is 0. The summed E-state index contributed by atoms with van der Waals surface area (Å²) in [7, 11) is 5.30. The summed E-state index contributed by atoms with van der Waals surface area (Å²) in [5, 5.41) is 10.4. The zero-order valence-electron chi connectivity index (χ0n) is 25.6. The highest BCUT2D eigenvalue weighted by atomic mass is 16.6. The maximum atomic E-state index is 12.4. The normalized spacial score (nSPS) is 21.9. The Balaban J connectivity index is 1.38. The average molecular weight is 557 g/mol. The number of likely N-dealkylation sites (N-methyl/N-ethyl adjacent to an activating group) is 1. The fourth-order valence-electron chi connectivity index (χ4n) is 5.92. The first kappa shape index (κ1) is 30.2. The Kier molecular flexibility index (Phi) is 9.37. The van der Waals surface area contributed by atoms with Crippen molar-refractivity contribution in [2.45, 2.75) is 71.9 Å². The van der Waals surface area contributed by atoms with Crippen LogP contribution in [-0.2, 0) is 11.3 Å². The van der Waals surface area contributed by atoms with Crippen molar-refractivity contribution in [1.29, 1.82) is 0 Å². The van der Waals surface area contributed by atoms with Crippen molar-refractivity contribution in [2.75, 3.05) is 60.5 Å². The highest BCUT2D eigenvalue weighted by molar-refractivity contribution is 5.82. The number of benzene rings is 1. The number of nitrogens with zero attached hydrogens (tertiary/aromatic N) is 4. The average Bonchev–Trinajstić information content (AvgIpc) is 2.93. The van der Waals surface area contributed by atoms with Gasteiger partial charge in [-0.3, -0.25) is 9.80 Å². The van der Waals surface area contributed by atoms with E-state index in [4.69, 9.17) is 14.2 Å². The Morgan fingerprint density at radius 3 is 2.08 bits per heavy atom. The third-order valence-corrected chi connectivity index (χ3v) is 8.44. The van der Waals surface area contributed by atoms with Crippen molar-refractivity contribution in [3.63, 3.8) is 0 Å². The number of hydrogen-bond acceptors (Lipinski definition) is 8. The molecule has 9 heteroatoms. The van der Waals surface area contributed by atoms with Crippen LogP contribution in [0.2, 0.25) is 0 Å². The Labute approximate surface area is 239 Å². The van der Waals surface area contributed by atoms with E-state index in [0.29, 0.717) is 6.04 Å². The summed E-state index contributed by atoms with van der Waals surface area (Å²) in [5.74, 6) is 1.62. The molecule has 3 heterocycles. The fraction of sp³-hybridized carbons (Fsp3) is 0.645. The van der Waals surface area contributed by atoms with E-state index in [0.717, 1.165) is 98.0 Å². The summed E-state index contributed by atoms with van der Waals surface area (Å²) in [4.78, 5) is 21.2. The highest BCUT2D eigenvalue weighted by Gasteiger charge is 2.31. The number of aliphatic hydroxyl groups is 1. The number of aliphatic hydroxyl groups excluding tert-OH is 1. The molecule has 3 aliphatic rings. The van der Waals surface area contributed by atoms with Crippen molar-refractivity contribution in [2.24, 2.45) is 0 Å². The predicted octanol–water partition coefficient (Wildman–Crippen LogP) is 4.16. The molecule has 9 nitrogen and oxygen atoms in total. The second kappa shape index (κ2) is 12.4. The van der Waals surface area contributed by atoms with Gasteiger partial charge in [0.15, 0.2) is 0 Å². The van der Waals surface area contributed by atoms with Crippen LogP contribution in [0.25, 0.3) is 5.57 Å². The monoisotopic (exact) mass is 556 g/mol. The van der Waals surface area contributed by atoms with E-state index in [1.165, 1.54) is 0 Å². The summed E-state index contributed by atoms with van der Waals surface area (Å²) in [6, 6.07) is 4.67. The molecular weight excluding hydrogens is 508 g/mol. The first-order valence-corrected chi connectivity index (χ1v) is 14.4. The summed E-state index contributed by atoms with van der Waals surface area (Å²) in [6.45, 7) is 15.9. The minimum atomic E-state index is -0.608. The molecule has 0 saturated carbocycles. The van der Waals surface area contributed by atoms with Crippen molar-refractivity contribution < 1.29 is 24.1 Å². The molecule has 40 heavy (non-hydrogen) atoms. The Bertz CT molecular complexity index is 1100. The van der Waals surface area contributed by atoms with Crippen LogP contribution in [0.3, 0.4) is 0 Å². The lowest BCUT2D eigenvalue weighted by Crippen LogP contribution is -2.53. The van der Waals surface area contributed by atoms with E-state index in [1.807, 2.05) is 57.7 Å². The fourth-order valence-corrected chi connectivity index (χ4v) is 5.92. The number of piperazine rings is 1. The molecule has 0 spiro atoms. The molecule has 0 aromatic heterocycles. The molecular formula is C31H48N4O5. The van der Waals surface area contributed by atoms with Gasteiger partial charge in [-0.25, -0.2) is 4.79 Å². The Morgan fingerprint density at radius 2 is 1.55 bits per heavy atom. The van der Waals surface area contributed by atoms with Crippen molar-refractivity contribution in [3.05, 3.63) is 40.6 Å². The van der Waals surface area contributed by atoms with Crippen LogP contribution in [0.15, 0.2) is 29.5 Å². The first-order valence-electron chi connectivity index (χ1n) is 14.4. The van der Waals surface area contributed by atoms with Gasteiger partial charge >= 0.3 is 6.09 Å². The van der Waals surface area contributed by atoms with Crippen LogP contribution >= 0.6 is 0 Å². The molecule has 2 saturated heterocycles. The summed E-state index contributed by atoms with van der Waals surface area (Å²) < 4.78 is 17.3.